The number of alkyl halides is 3. The van der Waals surface area contributed by atoms with Gasteiger partial charge in [-0.05, 0) is 43.5 Å². The third-order valence-corrected chi connectivity index (χ3v) is 4.47. The zero-order valence-corrected chi connectivity index (χ0v) is 16.9. The van der Waals surface area contributed by atoms with E-state index >= 15 is 0 Å². The van der Waals surface area contributed by atoms with Crippen LogP contribution in [0.2, 0.25) is 0 Å². The molecule has 0 aliphatic heterocycles. The van der Waals surface area contributed by atoms with Gasteiger partial charge < -0.3 is 14.8 Å². The van der Waals surface area contributed by atoms with Crippen LogP contribution in [0.4, 0.5) is 13.2 Å². The molecular weight excluding hydrogens is 415 g/mol. The van der Waals surface area contributed by atoms with Crippen molar-refractivity contribution in [2.75, 3.05) is 13.2 Å². The molecular formula is C21H22F3N3O4. The maximum absolute atomic E-state index is 12.5. The molecule has 0 aromatic carbocycles. The number of rotatable bonds is 10. The fourth-order valence-corrected chi connectivity index (χ4v) is 2.82. The van der Waals surface area contributed by atoms with Crippen LogP contribution in [-0.2, 0) is 17.8 Å². The number of pyridine rings is 2. The Morgan fingerprint density at radius 2 is 1.97 bits per heavy atom. The minimum atomic E-state index is -4.50. The molecule has 3 rings (SSSR count). The van der Waals surface area contributed by atoms with E-state index in [0.29, 0.717) is 16.8 Å². The van der Waals surface area contributed by atoms with Crippen molar-refractivity contribution in [3.8, 4) is 11.6 Å². The zero-order valence-electron chi connectivity index (χ0n) is 16.9. The van der Waals surface area contributed by atoms with Gasteiger partial charge in [0.15, 0.2) is 12.4 Å². The quantitative estimate of drug-likeness (QED) is 0.614. The molecule has 7 nitrogen and oxygen atoms in total. The third-order valence-electron chi connectivity index (χ3n) is 4.47. The second kappa shape index (κ2) is 9.76. The number of halogens is 3. The predicted molar refractivity (Wildman–Crippen MR) is 104 cm³/mol. The van der Waals surface area contributed by atoms with Crippen molar-refractivity contribution in [2.24, 2.45) is 5.92 Å². The van der Waals surface area contributed by atoms with E-state index in [2.05, 4.69) is 20.0 Å². The van der Waals surface area contributed by atoms with Crippen molar-refractivity contribution in [1.82, 2.24) is 15.3 Å². The molecule has 0 spiro atoms. The summed E-state index contributed by atoms with van der Waals surface area (Å²) in [6.45, 7) is 0.476. The van der Waals surface area contributed by atoms with E-state index < -0.39 is 12.8 Å². The van der Waals surface area contributed by atoms with Crippen LogP contribution in [0.15, 0.2) is 30.6 Å². The monoisotopic (exact) mass is 437 g/mol. The van der Waals surface area contributed by atoms with Crippen LogP contribution in [0, 0.1) is 5.92 Å². The Hall–Kier alpha value is -3.17. The maximum atomic E-state index is 12.5. The molecule has 10 heteroatoms. The number of nitrogens with zero attached hydrogens (tertiary/aromatic N) is 2. The molecule has 0 atom stereocenters. The fourth-order valence-electron chi connectivity index (χ4n) is 2.82. The summed E-state index contributed by atoms with van der Waals surface area (Å²) < 4.78 is 47.1. The Morgan fingerprint density at radius 3 is 2.65 bits per heavy atom. The van der Waals surface area contributed by atoms with E-state index in [1.54, 1.807) is 19.1 Å². The summed E-state index contributed by atoms with van der Waals surface area (Å²) in [4.78, 5) is 32.4. The van der Waals surface area contributed by atoms with Crippen LogP contribution < -0.4 is 14.8 Å². The fraction of sp³-hybridized carbons (Fsp3) is 0.429. The molecule has 2 heterocycles. The van der Waals surface area contributed by atoms with Crippen LogP contribution in [0.1, 0.15) is 41.4 Å². The van der Waals surface area contributed by atoms with Gasteiger partial charge in [0.05, 0.1) is 6.61 Å². The number of hydrogen-bond acceptors (Lipinski definition) is 6. The SMILES string of the molecule is CCOc1cc(CNC(=O)c2ccnc(CC(=O)C3CC3)c2)cnc1OCC(F)(F)F. The Kier molecular flexibility index (Phi) is 7.09. The first kappa shape index (κ1) is 22.5. The highest BCUT2D eigenvalue weighted by atomic mass is 19.4. The highest BCUT2D eigenvalue weighted by molar-refractivity contribution is 5.94. The van der Waals surface area contributed by atoms with Crippen molar-refractivity contribution < 1.29 is 32.2 Å². The molecule has 1 amide bonds. The van der Waals surface area contributed by atoms with E-state index in [0.717, 1.165) is 12.8 Å². The summed E-state index contributed by atoms with van der Waals surface area (Å²) in [5.41, 5.74) is 1.42. The van der Waals surface area contributed by atoms with Gasteiger partial charge in [-0.1, -0.05) is 0 Å². The average Bonchev–Trinajstić information content (AvgIpc) is 3.56. The minimum absolute atomic E-state index is 0.0586. The Bertz CT molecular complexity index is 946. The highest BCUT2D eigenvalue weighted by Gasteiger charge is 2.30. The van der Waals surface area contributed by atoms with E-state index in [-0.39, 0.29) is 48.8 Å². The molecule has 1 aliphatic carbocycles. The molecule has 2 aromatic rings. The van der Waals surface area contributed by atoms with Crippen molar-refractivity contribution in [1.29, 1.82) is 0 Å². The maximum Gasteiger partial charge on any atom is 0.422 e. The number of ether oxygens (including phenoxy) is 2. The van der Waals surface area contributed by atoms with Gasteiger partial charge in [-0.2, -0.15) is 13.2 Å². The van der Waals surface area contributed by atoms with Gasteiger partial charge in [0.25, 0.3) is 11.8 Å². The lowest BCUT2D eigenvalue weighted by Crippen LogP contribution is -2.23. The van der Waals surface area contributed by atoms with Gasteiger partial charge in [0.2, 0.25) is 0 Å². The summed E-state index contributed by atoms with van der Waals surface area (Å²) in [7, 11) is 0. The van der Waals surface area contributed by atoms with Gasteiger partial charge in [0, 0.05) is 42.5 Å². The van der Waals surface area contributed by atoms with Crippen molar-refractivity contribution in [3.05, 3.63) is 47.4 Å². The first-order chi connectivity index (χ1) is 14.7. The van der Waals surface area contributed by atoms with Gasteiger partial charge >= 0.3 is 6.18 Å². The first-order valence-electron chi connectivity index (χ1n) is 9.82. The van der Waals surface area contributed by atoms with Crippen LogP contribution >= 0.6 is 0 Å². The predicted octanol–water partition coefficient (Wildman–Crippen LogP) is 3.27. The third kappa shape index (κ3) is 6.94. The van der Waals surface area contributed by atoms with Crippen LogP contribution in [0.25, 0.3) is 0 Å². The average molecular weight is 437 g/mol. The normalized spacial score (nSPS) is 13.5. The molecule has 1 fully saturated rings. The number of Topliss-reactive ketones (excluding diaryl/α,β-unsaturated/α-hetero) is 1. The Labute approximate surface area is 177 Å². The second-order valence-corrected chi connectivity index (χ2v) is 7.12. The minimum Gasteiger partial charge on any atom is -0.488 e. The molecule has 1 N–H and O–H groups in total. The van der Waals surface area contributed by atoms with Crippen LogP contribution in [-0.4, -0.2) is 41.0 Å². The van der Waals surface area contributed by atoms with Crippen molar-refractivity contribution >= 4 is 11.7 Å². The molecule has 31 heavy (non-hydrogen) atoms. The lowest BCUT2D eigenvalue weighted by molar-refractivity contribution is -0.154. The van der Waals surface area contributed by atoms with E-state index in [4.69, 9.17) is 4.74 Å². The Balaban J connectivity index is 1.61. The summed E-state index contributed by atoms with van der Waals surface area (Å²) >= 11 is 0. The summed E-state index contributed by atoms with van der Waals surface area (Å²) in [6, 6.07) is 4.58. The molecule has 0 bridgehead atoms. The van der Waals surface area contributed by atoms with Crippen LogP contribution in [0.3, 0.4) is 0 Å². The second-order valence-electron chi connectivity index (χ2n) is 7.12. The van der Waals surface area contributed by atoms with Crippen LogP contribution in [0.5, 0.6) is 11.6 Å². The number of ketones is 1. The van der Waals surface area contributed by atoms with Crippen molar-refractivity contribution in [3.63, 3.8) is 0 Å². The number of hydrogen-bond donors (Lipinski definition) is 1. The van der Waals surface area contributed by atoms with E-state index in [1.807, 2.05) is 0 Å². The standard InChI is InChI=1S/C21H22F3N3O4/c1-2-30-18-7-13(11-27-20(18)31-12-21(22,23)24)10-26-19(29)15-5-6-25-16(8-15)9-17(28)14-3-4-14/h5-8,11,14H,2-4,9-10,12H2,1H3,(H,26,29). The zero-order chi connectivity index (χ0) is 22.4. The molecule has 1 aliphatic rings. The molecule has 1 saturated carbocycles. The molecule has 0 unspecified atom stereocenters. The lowest BCUT2D eigenvalue weighted by Gasteiger charge is -2.13. The van der Waals surface area contributed by atoms with E-state index in [9.17, 15) is 22.8 Å². The highest BCUT2D eigenvalue weighted by Crippen LogP contribution is 2.31. The van der Waals surface area contributed by atoms with Gasteiger partial charge in [-0.25, -0.2) is 4.98 Å². The number of carbonyl (C=O) groups excluding carboxylic acids is 2. The first-order valence-corrected chi connectivity index (χ1v) is 9.82. The van der Waals surface area contributed by atoms with Gasteiger partial charge in [-0.15, -0.1) is 0 Å². The molecule has 0 radical (unpaired) electrons. The van der Waals surface area contributed by atoms with E-state index in [1.165, 1.54) is 18.5 Å². The number of carbonyl (C=O) groups is 2. The summed E-state index contributed by atoms with van der Waals surface area (Å²) in [5, 5.41) is 2.71. The lowest BCUT2D eigenvalue weighted by atomic mass is 10.1. The number of amides is 1. The van der Waals surface area contributed by atoms with Gasteiger partial charge in [0.1, 0.15) is 5.78 Å². The molecule has 0 saturated heterocycles. The number of aromatic nitrogens is 2. The Morgan fingerprint density at radius 1 is 1.19 bits per heavy atom. The molecule has 166 valence electrons. The summed E-state index contributed by atoms with van der Waals surface area (Å²) in [6.07, 6.45) is 0.317. The summed E-state index contributed by atoms with van der Waals surface area (Å²) in [5.74, 6) is -0.337. The van der Waals surface area contributed by atoms with Crippen molar-refractivity contribution in [2.45, 2.75) is 38.9 Å². The molecule has 2 aromatic heterocycles. The van der Waals surface area contributed by atoms with Gasteiger partial charge in [-0.3, -0.25) is 14.6 Å². The largest absolute Gasteiger partial charge is 0.488 e. The number of nitrogens with one attached hydrogen (secondary N) is 1. The topological polar surface area (TPSA) is 90.4 Å². The smallest absolute Gasteiger partial charge is 0.422 e.